The first-order chi connectivity index (χ1) is 6.27. The van der Waals surface area contributed by atoms with Crippen molar-refractivity contribution in [3.8, 4) is 5.75 Å². The first-order valence-electron chi connectivity index (χ1n) is 4.53. The molecule has 0 saturated heterocycles. The average molecular weight is 178 g/mol. The maximum absolute atomic E-state index is 5.78. The van der Waals surface area contributed by atoms with Crippen LogP contribution in [0.5, 0.6) is 5.75 Å². The highest BCUT2D eigenvalue weighted by molar-refractivity contribution is 5.59. The lowest BCUT2D eigenvalue weighted by Gasteiger charge is -2.20. The first-order valence-corrected chi connectivity index (χ1v) is 4.53. The third-order valence-corrected chi connectivity index (χ3v) is 2.20. The van der Waals surface area contributed by atoms with Gasteiger partial charge in [-0.05, 0) is 24.6 Å². The molecule has 3 N–H and O–H groups in total. The molecular weight excluding hydrogens is 164 g/mol. The summed E-state index contributed by atoms with van der Waals surface area (Å²) in [6, 6.07) is 6.12. The molecular formula is C10H14N2O. The van der Waals surface area contributed by atoms with Crippen LogP contribution in [0.15, 0.2) is 18.2 Å². The van der Waals surface area contributed by atoms with Gasteiger partial charge >= 0.3 is 0 Å². The number of hydrogen-bond donors (Lipinski definition) is 2. The first kappa shape index (κ1) is 8.38. The molecule has 13 heavy (non-hydrogen) atoms. The number of fused-ring (bicyclic) bond motifs is 1. The van der Waals surface area contributed by atoms with E-state index in [1.54, 1.807) is 0 Å². The van der Waals surface area contributed by atoms with Gasteiger partial charge in [-0.2, -0.15) is 0 Å². The van der Waals surface area contributed by atoms with E-state index in [9.17, 15) is 0 Å². The third-order valence-electron chi connectivity index (χ3n) is 2.20. The second-order valence-corrected chi connectivity index (χ2v) is 3.32. The van der Waals surface area contributed by atoms with Crippen LogP contribution in [0.4, 0.5) is 5.69 Å². The summed E-state index contributed by atoms with van der Waals surface area (Å²) in [7, 11) is 0. The lowest BCUT2D eigenvalue weighted by molar-refractivity contribution is 0.323. The molecule has 1 aliphatic heterocycles. The minimum Gasteiger partial charge on any atom is -0.490 e. The van der Waals surface area contributed by atoms with Crippen LogP contribution in [0.1, 0.15) is 18.5 Å². The summed E-state index contributed by atoms with van der Waals surface area (Å²) >= 11 is 0. The van der Waals surface area contributed by atoms with Crippen LogP contribution in [0.25, 0.3) is 0 Å². The number of rotatable bonds is 1. The molecule has 0 aliphatic carbocycles. The Morgan fingerprint density at radius 3 is 3.15 bits per heavy atom. The van der Waals surface area contributed by atoms with Crippen LogP contribution in [0, 0.1) is 0 Å². The molecule has 70 valence electrons. The summed E-state index contributed by atoms with van der Waals surface area (Å²) < 4.78 is 5.45. The lowest BCUT2D eigenvalue weighted by atomic mass is 10.1. The van der Waals surface area contributed by atoms with E-state index in [0.29, 0.717) is 0 Å². The Morgan fingerprint density at radius 2 is 2.38 bits per heavy atom. The molecule has 1 atom stereocenters. The van der Waals surface area contributed by atoms with Gasteiger partial charge in [-0.1, -0.05) is 6.07 Å². The van der Waals surface area contributed by atoms with Crippen molar-refractivity contribution in [3.05, 3.63) is 23.8 Å². The van der Waals surface area contributed by atoms with Gasteiger partial charge in [0.2, 0.25) is 0 Å². The summed E-state index contributed by atoms with van der Waals surface area (Å²) in [5.74, 6) is 0.927. The minimum absolute atomic E-state index is 0.0778. The topological polar surface area (TPSA) is 47.3 Å². The zero-order chi connectivity index (χ0) is 9.26. The van der Waals surface area contributed by atoms with Crippen molar-refractivity contribution < 1.29 is 4.74 Å². The van der Waals surface area contributed by atoms with Crippen LogP contribution < -0.4 is 15.8 Å². The van der Waals surface area contributed by atoms with Gasteiger partial charge < -0.3 is 15.8 Å². The fourth-order valence-corrected chi connectivity index (χ4v) is 1.44. The van der Waals surface area contributed by atoms with Gasteiger partial charge in [0.1, 0.15) is 12.4 Å². The van der Waals surface area contributed by atoms with Gasteiger partial charge in [0.05, 0.1) is 5.69 Å². The number of benzene rings is 1. The number of hydrogen-bond acceptors (Lipinski definition) is 3. The van der Waals surface area contributed by atoms with Gasteiger partial charge in [0, 0.05) is 12.6 Å². The highest BCUT2D eigenvalue weighted by Gasteiger charge is 2.10. The van der Waals surface area contributed by atoms with Crippen molar-refractivity contribution in [1.82, 2.24) is 0 Å². The average Bonchev–Trinajstić information content (AvgIpc) is 2.17. The van der Waals surface area contributed by atoms with Crippen LogP contribution in [-0.4, -0.2) is 13.2 Å². The van der Waals surface area contributed by atoms with E-state index in [1.165, 1.54) is 0 Å². The Morgan fingerprint density at radius 1 is 1.54 bits per heavy atom. The summed E-state index contributed by atoms with van der Waals surface area (Å²) in [6.07, 6.45) is 0. The molecule has 1 aromatic carbocycles. The van der Waals surface area contributed by atoms with E-state index in [1.807, 2.05) is 19.1 Å². The minimum atomic E-state index is 0.0778. The second-order valence-electron chi connectivity index (χ2n) is 3.32. The Kier molecular flexibility index (Phi) is 2.10. The highest BCUT2D eigenvalue weighted by atomic mass is 16.5. The molecule has 0 fully saturated rings. The lowest BCUT2D eigenvalue weighted by Crippen LogP contribution is -2.18. The molecule has 0 unspecified atom stereocenters. The van der Waals surface area contributed by atoms with Gasteiger partial charge in [-0.15, -0.1) is 0 Å². The molecule has 0 saturated carbocycles. The zero-order valence-electron chi connectivity index (χ0n) is 7.71. The Labute approximate surface area is 77.9 Å². The van der Waals surface area contributed by atoms with E-state index in [4.69, 9.17) is 10.5 Å². The standard InChI is InChI=1S/C10H14N2O/c1-7(11)8-2-3-10-9(6-8)12-4-5-13-10/h2-3,6-7,12H,4-5,11H2,1H3/t7-/m0/s1. The van der Waals surface area contributed by atoms with Crippen molar-refractivity contribution in [3.63, 3.8) is 0 Å². The molecule has 0 spiro atoms. The Bertz CT molecular complexity index is 310. The van der Waals surface area contributed by atoms with Gasteiger partial charge in [-0.3, -0.25) is 0 Å². The van der Waals surface area contributed by atoms with E-state index in [2.05, 4.69) is 11.4 Å². The van der Waals surface area contributed by atoms with Crippen LogP contribution >= 0.6 is 0 Å². The quantitative estimate of drug-likeness (QED) is 0.685. The van der Waals surface area contributed by atoms with Crippen molar-refractivity contribution in [2.75, 3.05) is 18.5 Å². The summed E-state index contributed by atoms with van der Waals surface area (Å²) in [5, 5.41) is 3.28. The van der Waals surface area contributed by atoms with Crippen molar-refractivity contribution in [2.24, 2.45) is 5.73 Å². The maximum atomic E-state index is 5.78. The van der Waals surface area contributed by atoms with Crippen molar-refractivity contribution >= 4 is 5.69 Å². The predicted molar refractivity (Wildman–Crippen MR) is 53.0 cm³/mol. The fourth-order valence-electron chi connectivity index (χ4n) is 1.44. The van der Waals surface area contributed by atoms with Gasteiger partial charge in [0.25, 0.3) is 0 Å². The largest absolute Gasteiger partial charge is 0.490 e. The van der Waals surface area contributed by atoms with Crippen LogP contribution in [-0.2, 0) is 0 Å². The fraction of sp³-hybridized carbons (Fsp3) is 0.400. The summed E-state index contributed by atoms with van der Waals surface area (Å²) in [6.45, 7) is 3.59. The van der Waals surface area contributed by atoms with E-state index < -0.39 is 0 Å². The van der Waals surface area contributed by atoms with Crippen molar-refractivity contribution in [2.45, 2.75) is 13.0 Å². The van der Waals surface area contributed by atoms with E-state index in [-0.39, 0.29) is 6.04 Å². The van der Waals surface area contributed by atoms with Crippen LogP contribution in [0.3, 0.4) is 0 Å². The molecule has 1 aromatic rings. The molecule has 0 aromatic heterocycles. The molecule has 0 amide bonds. The smallest absolute Gasteiger partial charge is 0.142 e. The van der Waals surface area contributed by atoms with E-state index >= 15 is 0 Å². The second kappa shape index (κ2) is 3.26. The summed E-state index contributed by atoms with van der Waals surface area (Å²) in [4.78, 5) is 0. The Balaban J connectivity index is 2.35. The Hall–Kier alpha value is -1.22. The van der Waals surface area contributed by atoms with E-state index in [0.717, 1.165) is 30.2 Å². The maximum Gasteiger partial charge on any atom is 0.142 e. The molecule has 0 radical (unpaired) electrons. The molecule has 3 nitrogen and oxygen atoms in total. The van der Waals surface area contributed by atoms with Crippen molar-refractivity contribution in [1.29, 1.82) is 0 Å². The number of nitrogens with two attached hydrogens (primary N) is 1. The van der Waals surface area contributed by atoms with Gasteiger partial charge in [-0.25, -0.2) is 0 Å². The molecule has 3 heteroatoms. The third kappa shape index (κ3) is 1.60. The summed E-state index contributed by atoms with van der Waals surface area (Å²) in [5.41, 5.74) is 7.97. The number of ether oxygens (including phenoxy) is 1. The predicted octanol–water partition coefficient (Wildman–Crippen LogP) is 1.51. The normalized spacial score (nSPS) is 16.8. The van der Waals surface area contributed by atoms with Crippen LogP contribution in [0.2, 0.25) is 0 Å². The molecule has 0 bridgehead atoms. The molecule has 2 rings (SSSR count). The highest BCUT2D eigenvalue weighted by Crippen LogP contribution is 2.29. The zero-order valence-corrected chi connectivity index (χ0v) is 7.71. The van der Waals surface area contributed by atoms with Gasteiger partial charge in [0.15, 0.2) is 0 Å². The molecule has 1 heterocycles. The SMILES string of the molecule is C[C@H](N)c1ccc2c(c1)NCCO2. The number of nitrogens with one attached hydrogen (secondary N) is 1. The molecule has 1 aliphatic rings. The number of anilines is 1. The monoisotopic (exact) mass is 178 g/mol.